The molecule has 0 aliphatic heterocycles. The molecule has 9 heteroatoms. The van der Waals surface area contributed by atoms with E-state index in [4.69, 9.17) is 8.94 Å². The molecule has 0 bridgehead atoms. The molecule has 8 nitrogen and oxygen atoms in total. The van der Waals surface area contributed by atoms with Crippen LogP contribution in [0.25, 0.3) is 0 Å². The Labute approximate surface area is 142 Å². The minimum absolute atomic E-state index is 0.357. The SMILES string of the molecule is c1cc(SCc2nnc(NCc3noc(C4CCC4)n3)o2)ccn1. The summed E-state index contributed by atoms with van der Waals surface area (Å²) in [5.74, 6) is 2.93. The number of nitrogens with zero attached hydrogens (tertiary/aromatic N) is 5. The van der Waals surface area contributed by atoms with Crippen LogP contribution >= 0.6 is 11.8 Å². The van der Waals surface area contributed by atoms with Crippen LogP contribution in [0.1, 0.15) is 42.8 Å². The Morgan fingerprint density at radius 3 is 2.88 bits per heavy atom. The minimum Gasteiger partial charge on any atom is -0.407 e. The van der Waals surface area contributed by atoms with Gasteiger partial charge >= 0.3 is 6.01 Å². The van der Waals surface area contributed by atoms with Crippen molar-refractivity contribution < 1.29 is 8.94 Å². The van der Waals surface area contributed by atoms with Gasteiger partial charge in [-0.1, -0.05) is 16.7 Å². The zero-order chi connectivity index (χ0) is 16.2. The zero-order valence-corrected chi connectivity index (χ0v) is 13.7. The van der Waals surface area contributed by atoms with E-state index >= 15 is 0 Å². The van der Waals surface area contributed by atoms with Crippen LogP contribution < -0.4 is 5.32 Å². The second-order valence-electron chi connectivity index (χ2n) is 5.50. The Bertz CT molecular complexity index is 786. The van der Waals surface area contributed by atoms with Crippen molar-refractivity contribution in [3.63, 3.8) is 0 Å². The van der Waals surface area contributed by atoms with Crippen molar-refractivity contribution in [1.29, 1.82) is 0 Å². The molecule has 3 aromatic heterocycles. The number of anilines is 1. The monoisotopic (exact) mass is 344 g/mol. The van der Waals surface area contributed by atoms with Crippen molar-refractivity contribution in [3.05, 3.63) is 42.1 Å². The van der Waals surface area contributed by atoms with Gasteiger partial charge in [-0.25, -0.2) is 0 Å². The summed E-state index contributed by atoms with van der Waals surface area (Å²) in [6.45, 7) is 0.398. The van der Waals surface area contributed by atoms with E-state index in [0.29, 0.717) is 35.9 Å². The molecule has 1 saturated carbocycles. The van der Waals surface area contributed by atoms with Crippen molar-refractivity contribution in [2.75, 3.05) is 5.32 Å². The molecule has 4 rings (SSSR count). The summed E-state index contributed by atoms with van der Waals surface area (Å²) in [5, 5.41) is 15.0. The van der Waals surface area contributed by atoms with Crippen molar-refractivity contribution in [2.24, 2.45) is 0 Å². The third-order valence-electron chi connectivity index (χ3n) is 3.81. The molecule has 0 spiro atoms. The molecule has 1 aliphatic carbocycles. The zero-order valence-electron chi connectivity index (χ0n) is 12.9. The summed E-state index contributed by atoms with van der Waals surface area (Å²) < 4.78 is 10.8. The molecule has 0 unspecified atom stereocenters. The number of pyridine rings is 1. The highest BCUT2D eigenvalue weighted by Crippen LogP contribution is 2.35. The summed E-state index contributed by atoms with van der Waals surface area (Å²) in [6, 6.07) is 4.24. The normalized spacial score (nSPS) is 14.5. The lowest BCUT2D eigenvalue weighted by Crippen LogP contribution is -2.09. The Kier molecular flexibility index (Phi) is 4.41. The largest absolute Gasteiger partial charge is 0.407 e. The molecule has 0 saturated heterocycles. The molecule has 0 amide bonds. The van der Waals surface area contributed by atoms with Crippen LogP contribution in [0.5, 0.6) is 0 Å². The van der Waals surface area contributed by atoms with Crippen LogP contribution in [-0.4, -0.2) is 25.3 Å². The standard InChI is InChI=1S/C15H16N6O2S/c1-2-10(3-1)14-18-12(21-23-14)8-17-15-20-19-13(22-15)9-24-11-4-6-16-7-5-11/h4-7,10H,1-3,8-9H2,(H,17,20). The van der Waals surface area contributed by atoms with Gasteiger partial charge in [0.2, 0.25) is 11.8 Å². The minimum atomic E-state index is 0.357. The highest BCUT2D eigenvalue weighted by Gasteiger charge is 2.25. The second-order valence-corrected chi connectivity index (χ2v) is 6.55. The Balaban J connectivity index is 1.28. The maximum absolute atomic E-state index is 5.56. The highest BCUT2D eigenvalue weighted by atomic mass is 32.2. The fourth-order valence-corrected chi connectivity index (χ4v) is 3.00. The van der Waals surface area contributed by atoms with E-state index in [-0.39, 0.29) is 0 Å². The van der Waals surface area contributed by atoms with Gasteiger partial charge in [0.15, 0.2) is 5.82 Å². The molecule has 1 N–H and O–H groups in total. The molecule has 0 radical (unpaired) electrons. The third kappa shape index (κ3) is 3.56. The van der Waals surface area contributed by atoms with Gasteiger partial charge in [-0.15, -0.1) is 16.9 Å². The van der Waals surface area contributed by atoms with Gasteiger partial charge < -0.3 is 14.3 Å². The van der Waals surface area contributed by atoms with Crippen molar-refractivity contribution in [2.45, 2.75) is 42.4 Å². The van der Waals surface area contributed by atoms with Crippen molar-refractivity contribution in [1.82, 2.24) is 25.3 Å². The maximum atomic E-state index is 5.56. The quantitative estimate of drug-likeness (QED) is 0.648. The number of aromatic nitrogens is 5. The molecule has 24 heavy (non-hydrogen) atoms. The highest BCUT2D eigenvalue weighted by molar-refractivity contribution is 7.98. The van der Waals surface area contributed by atoms with Gasteiger partial charge in [-0.05, 0) is 25.0 Å². The van der Waals surface area contributed by atoms with Crippen LogP contribution in [-0.2, 0) is 12.3 Å². The van der Waals surface area contributed by atoms with E-state index in [1.807, 2.05) is 12.1 Å². The van der Waals surface area contributed by atoms with Gasteiger partial charge in [0.25, 0.3) is 0 Å². The summed E-state index contributed by atoms with van der Waals surface area (Å²) in [5.41, 5.74) is 0. The lowest BCUT2D eigenvalue weighted by molar-refractivity contribution is 0.291. The first-order chi connectivity index (χ1) is 11.9. The van der Waals surface area contributed by atoms with Gasteiger partial charge in [0.05, 0.1) is 12.3 Å². The molecule has 124 valence electrons. The molecule has 0 aromatic carbocycles. The molecule has 3 aromatic rings. The Morgan fingerprint density at radius 2 is 2.08 bits per heavy atom. The Hall–Kier alpha value is -2.42. The number of nitrogens with one attached hydrogen (secondary N) is 1. The summed E-state index contributed by atoms with van der Waals surface area (Å²) in [6.07, 6.45) is 7.02. The van der Waals surface area contributed by atoms with Crippen LogP contribution in [0, 0.1) is 0 Å². The van der Waals surface area contributed by atoms with E-state index in [1.54, 1.807) is 24.2 Å². The molecule has 1 fully saturated rings. The van der Waals surface area contributed by atoms with E-state index in [9.17, 15) is 0 Å². The summed E-state index contributed by atoms with van der Waals surface area (Å²) in [4.78, 5) is 9.48. The van der Waals surface area contributed by atoms with Crippen LogP contribution in [0.15, 0.2) is 38.4 Å². The average Bonchev–Trinajstić information content (AvgIpc) is 3.20. The van der Waals surface area contributed by atoms with E-state index in [0.717, 1.165) is 23.6 Å². The topological polar surface area (TPSA) is 103 Å². The smallest absolute Gasteiger partial charge is 0.315 e. The molecule has 3 heterocycles. The number of thioether (sulfide) groups is 1. The van der Waals surface area contributed by atoms with Crippen LogP contribution in [0.2, 0.25) is 0 Å². The van der Waals surface area contributed by atoms with Crippen LogP contribution in [0.4, 0.5) is 6.01 Å². The molecule has 1 aliphatic rings. The lowest BCUT2D eigenvalue weighted by atomic mass is 9.85. The first-order valence-electron chi connectivity index (χ1n) is 7.78. The Morgan fingerprint density at radius 1 is 1.21 bits per heavy atom. The van der Waals surface area contributed by atoms with Gasteiger partial charge in [0.1, 0.15) is 0 Å². The first kappa shape index (κ1) is 15.1. The second kappa shape index (κ2) is 7.00. The van der Waals surface area contributed by atoms with E-state index < -0.39 is 0 Å². The number of hydrogen-bond donors (Lipinski definition) is 1. The first-order valence-corrected chi connectivity index (χ1v) is 8.77. The number of hydrogen-bond acceptors (Lipinski definition) is 9. The van der Waals surface area contributed by atoms with Crippen LogP contribution in [0.3, 0.4) is 0 Å². The maximum Gasteiger partial charge on any atom is 0.315 e. The summed E-state index contributed by atoms with van der Waals surface area (Å²) >= 11 is 1.61. The number of rotatable bonds is 7. The van der Waals surface area contributed by atoms with Gasteiger partial charge in [-0.3, -0.25) is 4.98 Å². The predicted octanol–water partition coefficient (Wildman–Crippen LogP) is 3.02. The van der Waals surface area contributed by atoms with Gasteiger partial charge in [0, 0.05) is 23.2 Å². The molecule has 0 atom stereocenters. The van der Waals surface area contributed by atoms with Gasteiger partial charge in [-0.2, -0.15) is 4.98 Å². The van der Waals surface area contributed by atoms with E-state index in [1.165, 1.54) is 6.42 Å². The third-order valence-corrected chi connectivity index (χ3v) is 4.81. The lowest BCUT2D eigenvalue weighted by Gasteiger charge is -2.20. The average molecular weight is 344 g/mol. The summed E-state index contributed by atoms with van der Waals surface area (Å²) in [7, 11) is 0. The van der Waals surface area contributed by atoms with Crippen molar-refractivity contribution >= 4 is 17.8 Å². The molecular formula is C15H16N6O2S. The fraction of sp³-hybridized carbons (Fsp3) is 0.400. The van der Waals surface area contributed by atoms with Crippen molar-refractivity contribution in [3.8, 4) is 0 Å². The molecular weight excluding hydrogens is 328 g/mol. The predicted molar refractivity (Wildman–Crippen MR) is 86.3 cm³/mol. The fourth-order valence-electron chi connectivity index (χ4n) is 2.28. The van der Waals surface area contributed by atoms with E-state index in [2.05, 4.69) is 30.6 Å².